The van der Waals surface area contributed by atoms with Crippen molar-refractivity contribution in [3.8, 4) is 6.07 Å². The summed E-state index contributed by atoms with van der Waals surface area (Å²) < 4.78 is 24.2. The second-order valence-corrected chi connectivity index (χ2v) is 5.53. The van der Waals surface area contributed by atoms with E-state index < -0.39 is 15.8 Å². The fourth-order valence-corrected chi connectivity index (χ4v) is 2.27. The summed E-state index contributed by atoms with van der Waals surface area (Å²) in [6, 6.07) is 1.58. The Hall–Kier alpha value is -0.290. The number of nitriles is 1. The van der Waals surface area contributed by atoms with Gasteiger partial charge in [-0.15, -0.1) is 0 Å². The Kier molecular flexibility index (Phi) is 7.89. The Morgan fingerprint density at radius 3 is 2.71 bits per heavy atom. The molecule has 0 radical (unpaired) electrons. The van der Waals surface area contributed by atoms with E-state index in [1.54, 1.807) is 17.8 Å². The van der Waals surface area contributed by atoms with E-state index in [2.05, 4.69) is 4.72 Å². The minimum Gasteiger partial charge on any atom is -0.396 e. The molecule has 82 valence electrons. The minimum atomic E-state index is -3.40. The molecule has 5 nitrogen and oxygen atoms in total. The molecule has 0 aliphatic carbocycles. The normalized spacial score (nSPS) is 11.1. The molecule has 0 atom stereocenters. The first-order valence-corrected chi connectivity index (χ1v) is 6.96. The van der Waals surface area contributed by atoms with Crippen LogP contribution in [-0.2, 0) is 10.0 Å². The molecule has 0 amide bonds. The molecule has 0 aromatic heterocycles. The first kappa shape index (κ1) is 13.7. The van der Waals surface area contributed by atoms with E-state index in [1.807, 2.05) is 0 Å². The van der Waals surface area contributed by atoms with E-state index in [0.29, 0.717) is 12.3 Å². The molecule has 7 heteroatoms. The van der Waals surface area contributed by atoms with Crippen molar-refractivity contribution >= 4 is 21.8 Å². The van der Waals surface area contributed by atoms with Crippen LogP contribution in [0.3, 0.4) is 0 Å². The fraction of sp³-hybridized carbons (Fsp3) is 0.857. The van der Waals surface area contributed by atoms with Crippen molar-refractivity contribution in [2.45, 2.75) is 6.42 Å². The van der Waals surface area contributed by atoms with Crippen molar-refractivity contribution in [2.24, 2.45) is 0 Å². The topological polar surface area (TPSA) is 90.2 Å². The van der Waals surface area contributed by atoms with Crippen molar-refractivity contribution in [1.29, 1.82) is 5.26 Å². The standard InChI is InChI=1S/C7H14N2O3S2/c8-2-7-14(11,12)9-3-6-13-5-1-4-10/h9-10H,1,3-7H2. The van der Waals surface area contributed by atoms with Crippen LogP contribution in [-0.4, -0.2) is 43.9 Å². The summed E-state index contributed by atoms with van der Waals surface area (Å²) in [6.07, 6.45) is 0.718. The SMILES string of the molecule is N#CCS(=O)(=O)NCCSCCCO. The number of thioether (sulfide) groups is 1. The predicted molar refractivity (Wildman–Crippen MR) is 56.4 cm³/mol. The summed E-state index contributed by atoms with van der Waals surface area (Å²) >= 11 is 1.57. The van der Waals surface area contributed by atoms with Crippen LogP contribution in [0, 0.1) is 11.3 Å². The van der Waals surface area contributed by atoms with Gasteiger partial charge < -0.3 is 5.11 Å². The highest BCUT2D eigenvalue weighted by Crippen LogP contribution is 2.00. The number of aliphatic hydroxyl groups excluding tert-OH is 1. The lowest BCUT2D eigenvalue weighted by Gasteiger charge is -2.02. The molecule has 0 aliphatic rings. The number of nitrogens with zero attached hydrogens (tertiary/aromatic N) is 1. The van der Waals surface area contributed by atoms with Crippen molar-refractivity contribution < 1.29 is 13.5 Å². The number of hydrogen-bond donors (Lipinski definition) is 2. The number of nitrogens with one attached hydrogen (secondary N) is 1. The lowest BCUT2D eigenvalue weighted by atomic mass is 10.5. The Balaban J connectivity index is 3.41. The number of aliphatic hydroxyl groups is 1. The molecule has 0 aromatic rings. The van der Waals surface area contributed by atoms with Gasteiger partial charge in [-0.1, -0.05) is 0 Å². The van der Waals surface area contributed by atoms with Gasteiger partial charge in [-0.2, -0.15) is 17.0 Å². The Morgan fingerprint density at radius 1 is 1.43 bits per heavy atom. The Morgan fingerprint density at radius 2 is 2.14 bits per heavy atom. The molecule has 0 aliphatic heterocycles. The van der Waals surface area contributed by atoms with E-state index >= 15 is 0 Å². The highest BCUT2D eigenvalue weighted by Gasteiger charge is 2.07. The second kappa shape index (κ2) is 8.05. The Bertz CT molecular complexity index is 271. The zero-order chi connectivity index (χ0) is 10.9. The van der Waals surface area contributed by atoms with Gasteiger partial charge in [0, 0.05) is 18.9 Å². The molecule has 0 unspecified atom stereocenters. The lowest BCUT2D eigenvalue weighted by molar-refractivity contribution is 0.296. The molecule has 2 N–H and O–H groups in total. The van der Waals surface area contributed by atoms with Crippen molar-refractivity contribution in [3.63, 3.8) is 0 Å². The summed E-state index contributed by atoms with van der Waals surface area (Å²) in [7, 11) is -3.40. The van der Waals surface area contributed by atoms with Crippen LogP contribution in [0.25, 0.3) is 0 Å². The highest BCUT2D eigenvalue weighted by molar-refractivity contribution is 7.99. The molecule has 0 saturated carbocycles. The molecule has 0 fully saturated rings. The van der Waals surface area contributed by atoms with Gasteiger partial charge in [0.15, 0.2) is 5.75 Å². The van der Waals surface area contributed by atoms with Crippen molar-refractivity contribution in [3.05, 3.63) is 0 Å². The van der Waals surface area contributed by atoms with E-state index in [-0.39, 0.29) is 6.61 Å². The van der Waals surface area contributed by atoms with Gasteiger partial charge in [-0.25, -0.2) is 13.1 Å². The Labute approximate surface area is 88.5 Å². The van der Waals surface area contributed by atoms with Crippen LogP contribution in [0.4, 0.5) is 0 Å². The van der Waals surface area contributed by atoms with Crippen LogP contribution in [0.5, 0.6) is 0 Å². The molecular formula is C7H14N2O3S2. The molecular weight excluding hydrogens is 224 g/mol. The molecule has 14 heavy (non-hydrogen) atoms. The van der Waals surface area contributed by atoms with Crippen molar-refractivity contribution in [1.82, 2.24) is 4.72 Å². The third kappa shape index (κ3) is 8.31. The summed E-state index contributed by atoms with van der Waals surface area (Å²) in [5.41, 5.74) is 0. The van der Waals surface area contributed by atoms with Gasteiger partial charge in [0.2, 0.25) is 10.0 Å². The van der Waals surface area contributed by atoms with Gasteiger partial charge >= 0.3 is 0 Å². The third-order valence-electron chi connectivity index (χ3n) is 1.27. The maximum absolute atomic E-state index is 10.9. The maximum atomic E-state index is 10.9. The fourth-order valence-electron chi connectivity index (χ4n) is 0.674. The maximum Gasteiger partial charge on any atom is 0.225 e. The zero-order valence-corrected chi connectivity index (χ0v) is 9.40. The van der Waals surface area contributed by atoms with Gasteiger partial charge in [-0.3, -0.25) is 0 Å². The van der Waals surface area contributed by atoms with Gasteiger partial charge in [0.25, 0.3) is 0 Å². The molecule has 0 rings (SSSR count). The van der Waals surface area contributed by atoms with Crippen LogP contribution >= 0.6 is 11.8 Å². The first-order valence-electron chi connectivity index (χ1n) is 4.15. The summed E-state index contributed by atoms with van der Waals surface area (Å²) in [5.74, 6) is 0.982. The second-order valence-electron chi connectivity index (χ2n) is 2.50. The zero-order valence-electron chi connectivity index (χ0n) is 7.77. The lowest BCUT2D eigenvalue weighted by Crippen LogP contribution is -2.27. The minimum absolute atomic E-state index is 0.160. The number of sulfonamides is 1. The summed E-state index contributed by atoms with van der Waals surface area (Å²) in [5, 5.41) is 16.6. The van der Waals surface area contributed by atoms with E-state index in [0.717, 1.165) is 12.2 Å². The van der Waals surface area contributed by atoms with Crippen LogP contribution < -0.4 is 4.72 Å². The van der Waals surface area contributed by atoms with E-state index in [4.69, 9.17) is 10.4 Å². The van der Waals surface area contributed by atoms with Crippen LogP contribution in [0.1, 0.15) is 6.42 Å². The van der Waals surface area contributed by atoms with E-state index in [9.17, 15) is 8.42 Å². The number of hydrogen-bond acceptors (Lipinski definition) is 5. The smallest absolute Gasteiger partial charge is 0.225 e. The molecule has 0 saturated heterocycles. The van der Waals surface area contributed by atoms with Crippen LogP contribution in [0.2, 0.25) is 0 Å². The number of rotatable bonds is 8. The monoisotopic (exact) mass is 238 g/mol. The average Bonchev–Trinajstić information content (AvgIpc) is 2.11. The first-order chi connectivity index (χ1) is 6.62. The highest BCUT2D eigenvalue weighted by atomic mass is 32.2. The van der Waals surface area contributed by atoms with Gasteiger partial charge in [-0.05, 0) is 12.2 Å². The third-order valence-corrected chi connectivity index (χ3v) is 3.49. The van der Waals surface area contributed by atoms with Crippen molar-refractivity contribution in [2.75, 3.05) is 30.4 Å². The molecule has 0 spiro atoms. The predicted octanol–water partition coefficient (Wildman–Crippen LogP) is -0.455. The van der Waals surface area contributed by atoms with Gasteiger partial charge in [0.05, 0.1) is 6.07 Å². The molecule has 0 heterocycles. The summed E-state index contributed by atoms with van der Waals surface area (Å²) in [6.45, 7) is 0.493. The molecule has 0 bridgehead atoms. The van der Waals surface area contributed by atoms with Gasteiger partial charge in [0.1, 0.15) is 0 Å². The average molecular weight is 238 g/mol. The largest absolute Gasteiger partial charge is 0.396 e. The quantitative estimate of drug-likeness (QED) is 0.559. The van der Waals surface area contributed by atoms with Crippen LogP contribution in [0.15, 0.2) is 0 Å². The summed E-state index contributed by atoms with van der Waals surface area (Å²) in [4.78, 5) is 0. The molecule has 0 aromatic carbocycles. The van der Waals surface area contributed by atoms with E-state index in [1.165, 1.54) is 0 Å².